The Bertz CT molecular complexity index is 791. The minimum Gasteiger partial charge on any atom is -0.459 e. The summed E-state index contributed by atoms with van der Waals surface area (Å²) in [7, 11) is 0. The molecule has 0 aromatic carbocycles. The molecule has 0 spiro atoms. The van der Waals surface area contributed by atoms with Gasteiger partial charge in [-0.05, 0) is 32.9 Å². The number of hydrogen-bond donors (Lipinski definition) is 1. The predicted molar refractivity (Wildman–Crippen MR) is 122 cm³/mol. The van der Waals surface area contributed by atoms with Gasteiger partial charge in [-0.2, -0.15) is 0 Å². The molecule has 0 saturated carbocycles. The largest absolute Gasteiger partial charge is 0.459 e. The first-order valence-electron chi connectivity index (χ1n) is 9.80. The number of aliphatic imine (C=N–C) groups is 1. The molecular formula is C20H30IN5O3. The van der Waals surface area contributed by atoms with Crippen molar-refractivity contribution < 1.29 is 13.7 Å². The first-order valence-corrected chi connectivity index (χ1v) is 9.80. The fourth-order valence-corrected chi connectivity index (χ4v) is 3.61. The molecule has 2 aromatic heterocycles. The highest BCUT2D eigenvalue weighted by Crippen LogP contribution is 2.23. The number of halogens is 1. The number of hydrogen-bond acceptors (Lipinski definition) is 5. The maximum atomic E-state index is 12.4. The number of amides is 1. The quantitative estimate of drug-likeness (QED) is 0.375. The van der Waals surface area contributed by atoms with Crippen molar-refractivity contribution in [3.8, 4) is 0 Å². The van der Waals surface area contributed by atoms with Crippen molar-refractivity contribution in [2.45, 2.75) is 33.6 Å². The van der Waals surface area contributed by atoms with Gasteiger partial charge in [0.2, 0.25) is 0 Å². The number of nitrogens with one attached hydrogen (secondary N) is 1. The molecule has 1 saturated heterocycles. The van der Waals surface area contributed by atoms with E-state index in [1.807, 2.05) is 18.7 Å². The molecule has 160 valence electrons. The molecule has 1 atom stereocenters. The number of carbonyl (C=O) groups excluding carboxylic acids is 1. The summed E-state index contributed by atoms with van der Waals surface area (Å²) in [6, 6.07) is 3.44. The number of carbonyl (C=O) groups is 1. The zero-order valence-corrected chi connectivity index (χ0v) is 19.8. The zero-order chi connectivity index (χ0) is 20.1. The third-order valence-electron chi connectivity index (χ3n) is 5.03. The first-order chi connectivity index (χ1) is 13.5. The number of aromatic nitrogens is 1. The maximum Gasteiger partial charge on any atom is 0.289 e. The molecule has 1 amide bonds. The molecule has 0 bridgehead atoms. The molecule has 1 fully saturated rings. The van der Waals surface area contributed by atoms with Gasteiger partial charge in [0.15, 0.2) is 11.7 Å². The lowest BCUT2D eigenvalue weighted by Gasteiger charge is -2.36. The molecule has 1 N–H and O–H groups in total. The molecule has 29 heavy (non-hydrogen) atoms. The fraction of sp³-hybridized carbons (Fsp3) is 0.550. The van der Waals surface area contributed by atoms with Gasteiger partial charge >= 0.3 is 0 Å². The Morgan fingerprint density at radius 3 is 2.52 bits per heavy atom. The van der Waals surface area contributed by atoms with E-state index in [0.717, 1.165) is 42.6 Å². The molecule has 9 heteroatoms. The number of guanidine groups is 1. The van der Waals surface area contributed by atoms with Gasteiger partial charge in [0.25, 0.3) is 5.91 Å². The van der Waals surface area contributed by atoms with E-state index < -0.39 is 0 Å². The van der Waals surface area contributed by atoms with E-state index in [9.17, 15) is 4.79 Å². The van der Waals surface area contributed by atoms with Crippen LogP contribution >= 0.6 is 24.0 Å². The van der Waals surface area contributed by atoms with Crippen molar-refractivity contribution in [3.05, 3.63) is 41.2 Å². The van der Waals surface area contributed by atoms with Gasteiger partial charge in [0, 0.05) is 50.7 Å². The number of furan rings is 1. The molecule has 1 aliphatic rings. The molecule has 1 unspecified atom stereocenters. The van der Waals surface area contributed by atoms with Gasteiger partial charge in [-0.15, -0.1) is 24.0 Å². The third-order valence-corrected chi connectivity index (χ3v) is 5.03. The third kappa shape index (κ3) is 5.52. The second-order valence-electron chi connectivity index (χ2n) is 7.09. The van der Waals surface area contributed by atoms with Crippen LogP contribution in [0.3, 0.4) is 0 Å². The predicted octanol–water partition coefficient (Wildman–Crippen LogP) is 3.03. The Morgan fingerprint density at radius 1 is 1.28 bits per heavy atom. The minimum absolute atomic E-state index is 0. The van der Waals surface area contributed by atoms with Gasteiger partial charge in [-0.1, -0.05) is 12.1 Å². The summed E-state index contributed by atoms with van der Waals surface area (Å²) in [5.41, 5.74) is 2.06. The van der Waals surface area contributed by atoms with Crippen molar-refractivity contribution in [3.63, 3.8) is 0 Å². The molecule has 8 nitrogen and oxygen atoms in total. The van der Waals surface area contributed by atoms with Crippen LogP contribution < -0.4 is 5.32 Å². The Balaban J connectivity index is 0.00000300. The molecule has 0 radical (unpaired) electrons. The summed E-state index contributed by atoms with van der Waals surface area (Å²) < 4.78 is 10.5. The lowest BCUT2D eigenvalue weighted by molar-refractivity contribution is 0.0657. The fourth-order valence-electron chi connectivity index (χ4n) is 3.61. The van der Waals surface area contributed by atoms with Gasteiger partial charge in [0.1, 0.15) is 5.76 Å². The number of nitrogens with zero attached hydrogens (tertiary/aromatic N) is 4. The average molecular weight is 515 g/mol. The van der Waals surface area contributed by atoms with Crippen LogP contribution in [0.15, 0.2) is 32.3 Å². The summed E-state index contributed by atoms with van der Waals surface area (Å²) in [5.74, 6) is 2.30. The van der Waals surface area contributed by atoms with Crippen LogP contribution in [0.1, 0.15) is 47.3 Å². The highest BCUT2D eigenvalue weighted by molar-refractivity contribution is 14.0. The molecule has 0 aliphatic carbocycles. The summed E-state index contributed by atoms with van der Waals surface area (Å²) in [6.45, 7) is 12.3. The van der Waals surface area contributed by atoms with Crippen LogP contribution in [0.5, 0.6) is 0 Å². The van der Waals surface area contributed by atoms with Crippen LogP contribution in [-0.4, -0.2) is 66.1 Å². The van der Waals surface area contributed by atoms with Gasteiger partial charge in [-0.25, -0.2) is 0 Å². The van der Waals surface area contributed by atoms with E-state index in [4.69, 9.17) is 13.9 Å². The van der Waals surface area contributed by atoms with Crippen LogP contribution in [0, 0.1) is 13.8 Å². The van der Waals surface area contributed by atoms with Crippen LogP contribution in [0.2, 0.25) is 0 Å². The van der Waals surface area contributed by atoms with Crippen LogP contribution in [-0.2, 0) is 0 Å². The van der Waals surface area contributed by atoms with Crippen molar-refractivity contribution in [2.24, 2.45) is 4.99 Å². The van der Waals surface area contributed by atoms with Gasteiger partial charge < -0.3 is 24.1 Å². The molecular weight excluding hydrogens is 485 g/mol. The lowest BCUT2D eigenvalue weighted by Crippen LogP contribution is -2.53. The monoisotopic (exact) mass is 515 g/mol. The van der Waals surface area contributed by atoms with Crippen LogP contribution in [0.25, 0.3) is 0 Å². The van der Waals surface area contributed by atoms with Gasteiger partial charge in [0.05, 0.1) is 12.0 Å². The first kappa shape index (κ1) is 23.2. The Hall–Kier alpha value is -2.04. The summed E-state index contributed by atoms with van der Waals surface area (Å²) >= 11 is 0. The summed E-state index contributed by atoms with van der Waals surface area (Å²) in [6.07, 6.45) is 1.53. The normalized spacial score (nSPS) is 15.8. The smallest absolute Gasteiger partial charge is 0.289 e. The standard InChI is InChI=1S/C20H29N5O3.HI/c1-5-21-20(22-13-14(2)18-15(3)23-28-16(18)4)25-10-8-24(9-11-25)19(26)17-7-6-12-27-17;/h6-7,12,14H,5,8-11,13H2,1-4H3,(H,21,22);1H. The molecule has 2 aromatic rings. The van der Waals surface area contributed by atoms with E-state index in [1.54, 1.807) is 12.1 Å². The van der Waals surface area contributed by atoms with E-state index in [2.05, 4.69) is 29.2 Å². The molecule has 1 aliphatic heterocycles. The molecule has 3 heterocycles. The Morgan fingerprint density at radius 2 is 1.97 bits per heavy atom. The van der Waals surface area contributed by atoms with E-state index in [1.165, 1.54) is 6.26 Å². The van der Waals surface area contributed by atoms with E-state index >= 15 is 0 Å². The SMILES string of the molecule is CCNC(=NCC(C)c1c(C)noc1C)N1CCN(C(=O)c2ccco2)CC1.I. The van der Waals surface area contributed by atoms with E-state index in [0.29, 0.717) is 25.4 Å². The highest BCUT2D eigenvalue weighted by atomic mass is 127. The zero-order valence-electron chi connectivity index (χ0n) is 17.5. The van der Waals surface area contributed by atoms with Crippen molar-refractivity contribution in [1.82, 2.24) is 20.3 Å². The van der Waals surface area contributed by atoms with Gasteiger partial charge in [-0.3, -0.25) is 9.79 Å². The second-order valence-corrected chi connectivity index (χ2v) is 7.09. The van der Waals surface area contributed by atoms with Crippen molar-refractivity contribution in [1.29, 1.82) is 0 Å². The van der Waals surface area contributed by atoms with Crippen molar-refractivity contribution in [2.75, 3.05) is 39.3 Å². The summed E-state index contributed by atoms with van der Waals surface area (Å²) in [5, 5.41) is 7.41. The second kappa shape index (κ2) is 10.7. The number of aryl methyl sites for hydroxylation is 2. The average Bonchev–Trinajstić information content (AvgIpc) is 3.34. The number of piperazine rings is 1. The highest BCUT2D eigenvalue weighted by Gasteiger charge is 2.25. The van der Waals surface area contributed by atoms with E-state index in [-0.39, 0.29) is 35.8 Å². The topological polar surface area (TPSA) is 87.1 Å². The Labute approximate surface area is 188 Å². The maximum absolute atomic E-state index is 12.4. The Kier molecular flexibility index (Phi) is 8.54. The van der Waals surface area contributed by atoms with Crippen LogP contribution in [0.4, 0.5) is 0 Å². The molecule has 3 rings (SSSR count). The van der Waals surface area contributed by atoms with Crippen molar-refractivity contribution >= 4 is 35.8 Å². The number of rotatable bonds is 5. The lowest BCUT2D eigenvalue weighted by atomic mass is 10.00. The summed E-state index contributed by atoms with van der Waals surface area (Å²) in [4.78, 5) is 21.3. The minimum atomic E-state index is -0.0568.